The molecule has 184 valence electrons. The molecule has 1 aliphatic carbocycles. The molecule has 4 heterocycles. The standard InChI is InChI=1S/C27H26ClN5O3/c1-27(2)13-30-26(34)20-23(31-18-6-4-5-16(28)24(18)35-3)22(33-25(20)27)15-11-12-29-17-9-10-19(32-21(15)17)36-14-7-8-14/h4-6,9-12,14,31,33H,7-8,13H2,1-3H3,(H,30,34). The highest BCUT2D eigenvalue weighted by atomic mass is 35.5. The molecule has 1 fully saturated rings. The number of carbonyl (C=O) groups is 1. The van der Waals surface area contributed by atoms with E-state index in [4.69, 9.17) is 26.1 Å². The van der Waals surface area contributed by atoms with Crippen LogP contribution in [0.3, 0.4) is 0 Å². The molecule has 1 aliphatic heterocycles. The van der Waals surface area contributed by atoms with Crippen molar-refractivity contribution >= 4 is 39.9 Å². The van der Waals surface area contributed by atoms with Gasteiger partial charge in [-0.25, -0.2) is 4.98 Å². The zero-order chi connectivity index (χ0) is 25.0. The number of benzene rings is 1. The van der Waals surface area contributed by atoms with Crippen LogP contribution in [0.25, 0.3) is 22.3 Å². The second-order valence-electron chi connectivity index (χ2n) is 9.83. The number of hydrogen-bond acceptors (Lipinski definition) is 6. The van der Waals surface area contributed by atoms with Gasteiger partial charge in [0, 0.05) is 35.5 Å². The number of H-pyrrole nitrogens is 1. The number of aromatic nitrogens is 3. The number of para-hydroxylation sites is 1. The fraction of sp³-hybridized carbons (Fsp3) is 0.296. The van der Waals surface area contributed by atoms with Gasteiger partial charge in [0.25, 0.3) is 5.91 Å². The average molecular weight is 504 g/mol. The summed E-state index contributed by atoms with van der Waals surface area (Å²) in [6.45, 7) is 4.72. The molecule has 6 rings (SSSR count). The highest BCUT2D eigenvalue weighted by Crippen LogP contribution is 2.45. The number of methoxy groups -OCH3 is 1. The summed E-state index contributed by atoms with van der Waals surface area (Å²) >= 11 is 6.40. The maximum absolute atomic E-state index is 13.2. The van der Waals surface area contributed by atoms with E-state index in [9.17, 15) is 4.79 Å². The number of hydrogen-bond donors (Lipinski definition) is 3. The first kappa shape index (κ1) is 22.7. The number of nitrogens with zero attached hydrogens (tertiary/aromatic N) is 2. The first-order valence-electron chi connectivity index (χ1n) is 11.9. The van der Waals surface area contributed by atoms with Crippen molar-refractivity contribution in [2.24, 2.45) is 0 Å². The highest BCUT2D eigenvalue weighted by molar-refractivity contribution is 6.32. The maximum atomic E-state index is 13.2. The van der Waals surface area contributed by atoms with Crippen molar-refractivity contribution in [1.29, 1.82) is 0 Å². The first-order chi connectivity index (χ1) is 17.4. The van der Waals surface area contributed by atoms with Gasteiger partial charge in [0.1, 0.15) is 11.6 Å². The second-order valence-corrected chi connectivity index (χ2v) is 10.2. The van der Waals surface area contributed by atoms with E-state index in [-0.39, 0.29) is 17.4 Å². The molecule has 0 saturated heterocycles. The summed E-state index contributed by atoms with van der Waals surface area (Å²) in [5.41, 5.74) is 5.32. The van der Waals surface area contributed by atoms with Gasteiger partial charge >= 0.3 is 0 Å². The first-order valence-corrected chi connectivity index (χ1v) is 12.3. The second kappa shape index (κ2) is 8.41. The number of carbonyl (C=O) groups excluding carboxylic acids is 1. The third kappa shape index (κ3) is 3.82. The normalized spacial score (nSPS) is 16.4. The summed E-state index contributed by atoms with van der Waals surface area (Å²) in [5, 5.41) is 6.95. The van der Waals surface area contributed by atoms with E-state index in [1.165, 1.54) is 0 Å². The van der Waals surface area contributed by atoms with Crippen LogP contribution in [0.2, 0.25) is 5.02 Å². The zero-order valence-electron chi connectivity index (χ0n) is 20.2. The Balaban J connectivity index is 1.58. The molecule has 1 amide bonds. The number of anilines is 2. The highest BCUT2D eigenvalue weighted by Gasteiger charge is 2.38. The van der Waals surface area contributed by atoms with Crippen molar-refractivity contribution in [3.05, 3.63) is 58.9 Å². The van der Waals surface area contributed by atoms with Gasteiger partial charge < -0.3 is 25.1 Å². The Labute approximate surface area is 213 Å². The van der Waals surface area contributed by atoms with Crippen molar-refractivity contribution in [3.8, 4) is 22.9 Å². The molecule has 0 spiro atoms. The van der Waals surface area contributed by atoms with E-state index < -0.39 is 0 Å². The third-order valence-electron chi connectivity index (χ3n) is 6.66. The van der Waals surface area contributed by atoms with Crippen LogP contribution in [-0.2, 0) is 5.41 Å². The van der Waals surface area contributed by atoms with Crippen LogP contribution in [0.5, 0.6) is 11.6 Å². The molecular formula is C27H26ClN5O3. The van der Waals surface area contributed by atoms with E-state index in [1.807, 2.05) is 30.3 Å². The predicted molar refractivity (Wildman–Crippen MR) is 140 cm³/mol. The lowest BCUT2D eigenvalue weighted by Gasteiger charge is -2.30. The molecule has 3 aromatic heterocycles. The molecule has 1 saturated carbocycles. The van der Waals surface area contributed by atoms with Gasteiger partial charge in [0.15, 0.2) is 5.75 Å². The molecule has 3 N–H and O–H groups in total. The Morgan fingerprint density at radius 3 is 2.78 bits per heavy atom. The lowest BCUT2D eigenvalue weighted by molar-refractivity contribution is 0.0930. The molecule has 0 radical (unpaired) electrons. The molecule has 36 heavy (non-hydrogen) atoms. The lowest BCUT2D eigenvalue weighted by Crippen LogP contribution is -2.43. The fourth-order valence-electron chi connectivity index (χ4n) is 4.62. The Hall–Kier alpha value is -3.78. The quantitative estimate of drug-likeness (QED) is 0.317. The van der Waals surface area contributed by atoms with E-state index in [1.54, 1.807) is 19.4 Å². The molecule has 2 aliphatic rings. The van der Waals surface area contributed by atoms with Gasteiger partial charge in [-0.15, -0.1) is 0 Å². The van der Waals surface area contributed by atoms with E-state index >= 15 is 0 Å². The van der Waals surface area contributed by atoms with Crippen molar-refractivity contribution in [2.75, 3.05) is 19.0 Å². The summed E-state index contributed by atoms with van der Waals surface area (Å²) in [6.07, 6.45) is 4.06. The number of amides is 1. The summed E-state index contributed by atoms with van der Waals surface area (Å²) in [5.74, 6) is 0.910. The van der Waals surface area contributed by atoms with Crippen LogP contribution >= 0.6 is 11.6 Å². The Morgan fingerprint density at radius 1 is 1.17 bits per heavy atom. The molecule has 0 bridgehead atoms. The Morgan fingerprint density at radius 2 is 2.00 bits per heavy atom. The average Bonchev–Trinajstić information content (AvgIpc) is 3.59. The predicted octanol–water partition coefficient (Wildman–Crippen LogP) is 5.59. The number of rotatable bonds is 6. The van der Waals surface area contributed by atoms with E-state index in [0.717, 1.165) is 35.3 Å². The number of pyridine rings is 2. The van der Waals surface area contributed by atoms with Crippen molar-refractivity contribution in [1.82, 2.24) is 20.3 Å². The molecule has 0 atom stereocenters. The van der Waals surface area contributed by atoms with Crippen molar-refractivity contribution in [2.45, 2.75) is 38.2 Å². The fourth-order valence-corrected chi connectivity index (χ4v) is 4.87. The van der Waals surface area contributed by atoms with Crippen LogP contribution in [0.4, 0.5) is 11.4 Å². The van der Waals surface area contributed by atoms with Gasteiger partial charge in [-0.3, -0.25) is 9.78 Å². The molecular weight excluding hydrogens is 478 g/mol. The Kier molecular flexibility index (Phi) is 5.30. The minimum absolute atomic E-state index is 0.153. The number of nitrogens with one attached hydrogen (secondary N) is 3. The molecule has 4 aromatic rings. The molecule has 1 aromatic carbocycles. The van der Waals surface area contributed by atoms with Gasteiger partial charge in [-0.1, -0.05) is 31.5 Å². The van der Waals surface area contributed by atoms with Gasteiger partial charge in [0.05, 0.1) is 40.3 Å². The third-order valence-corrected chi connectivity index (χ3v) is 6.96. The largest absolute Gasteiger partial charge is 0.493 e. The van der Waals surface area contributed by atoms with Crippen molar-refractivity contribution in [3.63, 3.8) is 0 Å². The molecule has 0 unspecified atom stereocenters. The lowest BCUT2D eigenvalue weighted by atomic mass is 9.83. The van der Waals surface area contributed by atoms with Crippen LogP contribution in [0, 0.1) is 0 Å². The van der Waals surface area contributed by atoms with Gasteiger partial charge in [-0.2, -0.15) is 0 Å². The van der Waals surface area contributed by atoms with Crippen LogP contribution < -0.4 is 20.1 Å². The number of ether oxygens (including phenoxy) is 2. The zero-order valence-corrected chi connectivity index (χ0v) is 21.0. The summed E-state index contributed by atoms with van der Waals surface area (Å²) < 4.78 is 11.5. The topological polar surface area (TPSA) is 101 Å². The smallest absolute Gasteiger partial charge is 0.255 e. The van der Waals surface area contributed by atoms with Crippen LogP contribution in [0.15, 0.2) is 42.6 Å². The van der Waals surface area contributed by atoms with E-state index in [2.05, 4.69) is 34.4 Å². The number of aromatic amines is 1. The van der Waals surface area contributed by atoms with Crippen LogP contribution in [-0.4, -0.2) is 40.6 Å². The van der Waals surface area contributed by atoms with Gasteiger partial charge in [0.2, 0.25) is 5.88 Å². The van der Waals surface area contributed by atoms with E-state index in [0.29, 0.717) is 45.7 Å². The van der Waals surface area contributed by atoms with Gasteiger partial charge in [-0.05, 0) is 37.1 Å². The molecule has 9 heteroatoms. The minimum atomic E-state index is -0.313. The summed E-state index contributed by atoms with van der Waals surface area (Å²) in [6, 6.07) is 11.1. The minimum Gasteiger partial charge on any atom is -0.493 e. The SMILES string of the molecule is COc1c(Cl)cccc1Nc1c(-c2ccnc3ccc(OC4CC4)nc23)[nH]c2c1C(=O)NCC2(C)C. The summed E-state index contributed by atoms with van der Waals surface area (Å²) in [7, 11) is 1.57. The Bertz CT molecular complexity index is 1510. The number of halogens is 1. The monoisotopic (exact) mass is 503 g/mol. The summed E-state index contributed by atoms with van der Waals surface area (Å²) in [4.78, 5) is 26.1. The maximum Gasteiger partial charge on any atom is 0.255 e. The van der Waals surface area contributed by atoms with Crippen LogP contribution in [0.1, 0.15) is 42.7 Å². The number of fused-ring (bicyclic) bond motifs is 2. The van der Waals surface area contributed by atoms with Crippen molar-refractivity contribution < 1.29 is 14.3 Å². The molecule has 8 nitrogen and oxygen atoms in total.